The van der Waals surface area contributed by atoms with Gasteiger partial charge in [0.05, 0.1) is 16.0 Å². The van der Waals surface area contributed by atoms with Crippen LogP contribution >= 0.6 is 0 Å². The summed E-state index contributed by atoms with van der Waals surface area (Å²) in [4.78, 5) is 4.34. The topological polar surface area (TPSA) is 50.3 Å². The first kappa shape index (κ1) is 23.5. The molecule has 4 aromatic rings. The van der Waals surface area contributed by atoms with Crippen molar-refractivity contribution < 1.29 is 21.6 Å². The summed E-state index contributed by atoms with van der Waals surface area (Å²) in [5, 5.41) is 0.419. The van der Waals surface area contributed by atoms with E-state index in [4.69, 9.17) is 0 Å². The Hall–Kier alpha value is -3.23. The van der Waals surface area contributed by atoms with Crippen molar-refractivity contribution in [3.8, 4) is 22.3 Å². The maximum atomic E-state index is 13.6. The van der Waals surface area contributed by atoms with Gasteiger partial charge in [-0.3, -0.25) is 4.98 Å². The van der Waals surface area contributed by atoms with E-state index in [1.807, 2.05) is 37.3 Å². The van der Waals surface area contributed by atoms with Crippen LogP contribution in [-0.2, 0) is 16.2 Å². The van der Waals surface area contributed by atoms with Crippen LogP contribution < -0.4 is 0 Å². The van der Waals surface area contributed by atoms with E-state index in [0.29, 0.717) is 24.0 Å². The van der Waals surface area contributed by atoms with Gasteiger partial charge in [0.2, 0.25) is 10.0 Å². The highest BCUT2D eigenvalue weighted by Gasteiger charge is 2.33. The Labute approximate surface area is 202 Å². The van der Waals surface area contributed by atoms with Gasteiger partial charge in [-0.05, 0) is 71.8 Å². The molecule has 1 aliphatic rings. The summed E-state index contributed by atoms with van der Waals surface area (Å²) in [6.07, 6.45) is -1.34. The largest absolute Gasteiger partial charge is 0.418 e. The highest BCUT2D eigenvalue weighted by Crippen LogP contribution is 2.39. The average molecular weight is 497 g/mol. The molecule has 1 saturated heterocycles. The number of hydrogen-bond acceptors (Lipinski definition) is 3. The number of pyridine rings is 1. The number of hydrogen-bond donors (Lipinski definition) is 0. The quantitative estimate of drug-likeness (QED) is 0.317. The van der Waals surface area contributed by atoms with Gasteiger partial charge in [-0.2, -0.15) is 17.5 Å². The van der Waals surface area contributed by atoms with Crippen molar-refractivity contribution in [1.82, 2.24) is 9.29 Å². The number of rotatable bonds is 4. The Morgan fingerprint density at radius 2 is 1.49 bits per heavy atom. The van der Waals surface area contributed by atoms with E-state index < -0.39 is 21.8 Å². The van der Waals surface area contributed by atoms with Crippen molar-refractivity contribution in [2.45, 2.75) is 30.8 Å². The van der Waals surface area contributed by atoms with Crippen molar-refractivity contribution in [2.75, 3.05) is 13.1 Å². The molecule has 0 atom stereocenters. The van der Waals surface area contributed by atoms with Crippen LogP contribution in [0.25, 0.3) is 33.2 Å². The van der Waals surface area contributed by atoms with Crippen LogP contribution in [0.4, 0.5) is 13.2 Å². The third-order valence-electron chi connectivity index (χ3n) is 6.41. The number of aryl methyl sites for hydroxylation is 1. The van der Waals surface area contributed by atoms with Gasteiger partial charge in [-0.25, -0.2) is 8.42 Å². The lowest BCUT2D eigenvalue weighted by molar-refractivity contribution is -0.136. The summed E-state index contributed by atoms with van der Waals surface area (Å²) in [6.45, 7) is 2.87. The zero-order valence-electron chi connectivity index (χ0n) is 19.0. The Balaban J connectivity index is 1.61. The van der Waals surface area contributed by atoms with E-state index in [9.17, 15) is 21.6 Å². The third-order valence-corrected chi connectivity index (χ3v) is 8.31. The maximum absolute atomic E-state index is 13.6. The number of sulfonamides is 1. The van der Waals surface area contributed by atoms with Gasteiger partial charge >= 0.3 is 6.18 Å². The first-order chi connectivity index (χ1) is 16.7. The smallest absolute Gasteiger partial charge is 0.255 e. The summed E-state index contributed by atoms with van der Waals surface area (Å²) in [5.74, 6) is 0. The fraction of sp³-hybridized carbons (Fsp3) is 0.222. The molecule has 0 amide bonds. The third kappa shape index (κ3) is 4.32. The monoisotopic (exact) mass is 496 g/mol. The van der Waals surface area contributed by atoms with E-state index in [1.54, 1.807) is 24.3 Å². The fourth-order valence-electron chi connectivity index (χ4n) is 4.70. The average Bonchev–Trinajstić information content (AvgIpc) is 3.39. The molecule has 8 heteroatoms. The van der Waals surface area contributed by atoms with E-state index in [1.165, 1.54) is 16.6 Å². The SMILES string of the molecule is Cc1cnc2c(C(F)(F)F)cccc2c1-c1cccc(-c2cccc(S(=O)(=O)N3CCCC3)c2)c1. The lowest BCUT2D eigenvalue weighted by atomic mass is 9.93. The molecule has 1 aromatic heterocycles. The van der Waals surface area contributed by atoms with Crippen LogP contribution in [0.15, 0.2) is 77.8 Å². The molecule has 0 spiro atoms. The van der Waals surface area contributed by atoms with E-state index in [2.05, 4.69) is 4.98 Å². The normalized spacial score (nSPS) is 15.1. The van der Waals surface area contributed by atoms with E-state index in [-0.39, 0.29) is 10.4 Å². The molecule has 4 nitrogen and oxygen atoms in total. The van der Waals surface area contributed by atoms with Gasteiger partial charge in [0.25, 0.3) is 0 Å². The van der Waals surface area contributed by atoms with Gasteiger partial charge in [-0.1, -0.05) is 42.5 Å². The van der Waals surface area contributed by atoms with Crippen LogP contribution in [-0.4, -0.2) is 30.8 Å². The van der Waals surface area contributed by atoms with E-state index in [0.717, 1.165) is 41.2 Å². The van der Waals surface area contributed by atoms with E-state index >= 15 is 0 Å². The number of aromatic nitrogens is 1. The summed E-state index contributed by atoms with van der Waals surface area (Å²) >= 11 is 0. The predicted molar refractivity (Wildman–Crippen MR) is 130 cm³/mol. The fourth-order valence-corrected chi connectivity index (χ4v) is 6.27. The number of para-hydroxylation sites is 1. The number of halogens is 3. The molecule has 0 saturated carbocycles. The summed E-state index contributed by atoms with van der Waals surface area (Å²) < 4.78 is 68.4. The number of fused-ring (bicyclic) bond motifs is 1. The molecule has 0 bridgehead atoms. The first-order valence-electron chi connectivity index (χ1n) is 11.3. The van der Waals surface area contributed by atoms with Gasteiger partial charge in [0, 0.05) is 24.7 Å². The Morgan fingerprint density at radius 1 is 0.857 bits per heavy atom. The molecule has 3 aromatic carbocycles. The molecule has 0 radical (unpaired) electrons. The van der Waals surface area contributed by atoms with Crippen LogP contribution in [0.1, 0.15) is 24.0 Å². The Morgan fingerprint density at radius 3 is 2.20 bits per heavy atom. The van der Waals surface area contributed by atoms with Crippen molar-refractivity contribution in [3.63, 3.8) is 0 Å². The minimum Gasteiger partial charge on any atom is -0.255 e. The van der Waals surface area contributed by atoms with Gasteiger partial charge in [0.1, 0.15) is 0 Å². The number of benzene rings is 3. The minimum atomic E-state index is -4.51. The Kier molecular flexibility index (Phi) is 5.89. The second-order valence-corrected chi connectivity index (χ2v) is 10.7. The highest BCUT2D eigenvalue weighted by molar-refractivity contribution is 7.89. The molecule has 1 fully saturated rings. The van der Waals surface area contributed by atoms with Gasteiger partial charge < -0.3 is 0 Å². The molecule has 0 unspecified atom stereocenters. The number of alkyl halides is 3. The molecule has 180 valence electrons. The van der Waals surface area contributed by atoms with Crippen molar-refractivity contribution in [3.05, 3.63) is 84.1 Å². The summed E-state index contributed by atoms with van der Waals surface area (Å²) in [5.41, 5.74) is 2.79. The second kappa shape index (κ2) is 8.77. The lowest BCUT2D eigenvalue weighted by Crippen LogP contribution is -2.27. The van der Waals surface area contributed by atoms with Gasteiger partial charge in [0.15, 0.2) is 0 Å². The molecule has 0 N–H and O–H groups in total. The Bertz CT molecular complexity index is 1530. The first-order valence-corrected chi connectivity index (χ1v) is 12.8. The molecule has 2 heterocycles. The lowest BCUT2D eigenvalue weighted by Gasteiger charge is -2.17. The van der Waals surface area contributed by atoms with Crippen LogP contribution in [0.5, 0.6) is 0 Å². The van der Waals surface area contributed by atoms with Crippen LogP contribution in [0, 0.1) is 6.92 Å². The predicted octanol–water partition coefficient (Wildman–Crippen LogP) is 6.68. The summed E-state index contributed by atoms with van der Waals surface area (Å²) in [7, 11) is -3.57. The molecule has 1 aliphatic heterocycles. The van der Waals surface area contributed by atoms with Crippen molar-refractivity contribution in [1.29, 1.82) is 0 Å². The number of nitrogens with zero attached hydrogens (tertiary/aromatic N) is 2. The highest BCUT2D eigenvalue weighted by atomic mass is 32.2. The maximum Gasteiger partial charge on any atom is 0.418 e. The van der Waals surface area contributed by atoms with Crippen LogP contribution in [0.2, 0.25) is 0 Å². The molecule has 0 aliphatic carbocycles. The standard InChI is InChI=1S/C27H23F3N2O2S/c1-18-17-31-26-23(11-6-12-24(26)27(28,29)30)25(18)21-9-4-7-19(15-21)20-8-5-10-22(16-20)35(33,34)32-13-2-3-14-32/h4-12,15-17H,2-3,13-14H2,1H3. The molecule has 5 rings (SSSR count). The van der Waals surface area contributed by atoms with Crippen molar-refractivity contribution in [2.24, 2.45) is 0 Å². The van der Waals surface area contributed by atoms with Crippen molar-refractivity contribution >= 4 is 20.9 Å². The minimum absolute atomic E-state index is 0.0929. The molecular weight excluding hydrogens is 473 g/mol. The van der Waals surface area contributed by atoms with Gasteiger partial charge in [-0.15, -0.1) is 0 Å². The zero-order valence-corrected chi connectivity index (χ0v) is 19.8. The zero-order chi connectivity index (χ0) is 24.8. The molecular formula is C27H23F3N2O2S. The second-order valence-electron chi connectivity index (χ2n) is 8.74. The van der Waals surface area contributed by atoms with Crippen LogP contribution in [0.3, 0.4) is 0 Å². The summed E-state index contributed by atoms with van der Waals surface area (Å²) in [6, 6.07) is 18.3. The molecule has 35 heavy (non-hydrogen) atoms.